The summed E-state index contributed by atoms with van der Waals surface area (Å²) in [7, 11) is -9.93. The molecule has 2 unspecified atom stereocenters. The number of esters is 4. The number of aliphatic hydroxyl groups is 1. The third-order valence-electron chi connectivity index (χ3n) is 18.4. The van der Waals surface area contributed by atoms with Crippen molar-refractivity contribution in [1.82, 2.24) is 0 Å². The molecule has 590 valence electrons. The van der Waals surface area contributed by atoms with Crippen molar-refractivity contribution in [1.29, 1.82) is 0 Å². The first-order chi connectivity index (χ1) is 48.5. The molecule has 3 N–H and O–H groups in total. The van der Waals surface area contributed by atoms with Gasteiger partial charge in [-0.15, -0.1) is 0 Å². The minimum absolute atomic E-state index is 0.0852. The highest BCUT2D eigenvalue weighted by Crippen LogP contribution is 2.45. The Morgan fingerprint density at radius 2 is 0.540 bits per heavy atom. The summed E-state index contributed by atoms with van der Waals surface area (Å²) in [5.74, 6) is -1.33. The Balaban J connectivity index is 5.23. The summed E-state index contributed by atoms with van der Waals surface area (Å²) >= 11 is 0. The van der Waals surface area contributed by atoms with Gasteiger partial charge in [-0.05, 0) is 57.3 Å². The Morgan fingerprint density at radius 3 is 0.820 bits per heavy atom. The van der Waals surface area contributed by atoms with E-state index in [2.05, 4.69) is 58.9 Å². The molecule has 0 aliphatic heterocycles. The van der Waals surface area contributed by atoms with Gasteiger partial charge in [0, 0.05) is 25.7 Å². The Morgan fingerprint density at radius 1 is 0.310 bits per heavy atom. The second kappa shape index (κ2) is 73.4. The number of phosphoric ester groups is 2. The maximum Gasteiger partial charge on any atom is 0.472 e. The number of carbonyl (C=O) groups is 4. The summed E-state index contributed by atoms with van der Waals surface area (Å²) in [6.45, 7) is 7.26. The zero-order valence-corrected chi connectivity index (χ0v) is 66.6. The average molecular weight is 1460 g/mol. The van der Waals surface area contributed by atoms with E-state index in [1.54, 1.807) is 0 Å². The van der Waals surface area contributed by atoms with Crippen LogP contribution in [0.3, 0.4) is 0 Å². The Hall–Kier alpha value is -2.46. The summed E-state index contributed by atoms with van der Waals surface area (Å²) in [4.78, 5) is 72.9. The van der Waals surface area contributed by atoms with E-state index in [0.29, 0.717) is 25.7 Å². The first-order valence-electron chi connectivity index (χ1n) is 41.5. The fourth-order valence-electron chi connectivity index (χ4n) is 12.0. The second-order valence-corrected chi connectivity index (χ2v) is 31.9. The normalized spacial score (nSPS) is 14.0. The molecule has 0 fully saturated rings. The standard InChI is InChI=1S/C81H154O17P2/c1-6-9-12-15-18-21-23-25-27-28-29-34-37-41-45-50-55-60-65-79(84)92-71-77(98-81(86)67-62-57-52-47-43-39-35-31-30-33-36-40-44-48-53-58-63-74(4)5)73-96-100(89,90)94-69-75(82)68-93-99(87,88)95-72-76(70-91-78(83)64-59-54-49-20-17-14-11-8-3)97-80(85)66-61-56-51-46-42-38-32-26-24-22-19-16-13-10-7-2/h22,24,26,32,74-77,82H,6-21,23,25,27-31,33-73H2,1-5H3,(H,87,88)(H,89,90)/b24-22-,32-26-/t75-,76+,77+/m0/s1. The molecule has 19 heteroatoms. The lowest BCUT2D eigenvalue weighted by molar-refractivity contribution is -0.161. The highest BCUT2D eigenvalue weighted by molar-refractivity contribution is 7.47. The number of aliphatic hydroxyl groups excluding tert-OH is 1. The van der Waals surface area contributed by atoms with Crippen molar-refractivity contribution in [3.63, 3.8) is 0 Å². The number of hydrogen-bond donors (Lipinski definition) is 3. The van der Waals surface area contributed by atoms with E-state index >= 15 is 0 Å². The lowest BCUT2D eigenvalue weighted by atomic mass is 10.0. The molecule has 0 aromatic rings. The predicted octanol–water partition coefficient (Wildman–Crippen LogP) is 24.0. The number of ether oxygens (including phenoxy) is 4. The van der Waals surface area contributed by atoms with Crippen LogP contribution < -0.4 is 0 Å². The third kappa shape index (κ3) is 73.8. The molecule has 0 aromatic carbocycles. The highest BCUT2D eigenvalue weighted by Gasteiger charge is 2.30. The van der Waals surface area contributed by atoms with Crippen LogP contribution >= 0.6 is 15.6 Å². The van der Waals surface area contributed by atoms with Crippen molar-refractivity contribution >= 4 is 39.5 Å². The number of carbonyl (C=O) groups excluding carboxylic acids is 4. The minimum atomic E-state index is -4.96. The van der Waals surface area contributed by atoms with Crippen LogP contribution in [0.4, 0.5) is 0 Å². The van der Waals surface area contributed by atoms with Crippen LogP contribution in [0.15, 0.2) is 24.3 Å². The summed E-state index contributed by atoms with van der Waals surface area (Å²) in [5.41, 5.74) is 0. The Kier molecular flexibility index (Phi) is 71.6. The van der Waals surface area contributed by atoms with Crippen molar-refractivity contribution < 1.29 is 80.2 Å². The van der Waals surface area contributed by atoms with E-state index in [-0.39, 0.29) is 25.7 Å². The van der Waals surface area contributed by atoms with Crippen molar-refractivity contribution in [3.05, 3.63) is 24.3 Å². The molecule has 0 aromatic heterocycles. The van der Waals surface area contributed by atoms with Crippen molar-refractivity contribution in [2.45, 2.75) is 425 Å². The van der Waals surface area contributed by atoms with E-state index in [0.717, 1.165) is 115 Å². The largest absolute Gasteiger partial charge is 0.472 e. The van der Waals surface area contributed by atoms with E-state index in [1.807, 2.05) is 0 Å². The fourth-order valence-corrected chi connectivity index (χ4v) is 13.6. The lowest BCUT2D eigenvalue weighted by Crippen LogP contribution is -2.30. The Labute approximate surface area is 612 Å². The molecule has 0 heterocycles. The minimum Gasteiger partial charge on any atom is -0.462 e. The molecular formula is C81H154O17P2. The molecule has 0 saturated carbocycles. The van der Waals surface area contributed by atoms with Gasteiger partial charge in [0.15, 0.2) is 12.2 Å². The monoisotopic (exact) mass is 1460 g/mol. The SMILES string of the molecule is CCCCCC/C=C\C=C/CCCCCCCC(=O)O[C@H](COC(=O)CCCCCCCCCC)COP(=O)(O)OC[C@H](O)COP(=O)(O)OC[C@@H](COC(=O)CCCCCCCCCCCCCCCCCCCC)OC(=O)CCCCCCCCCCCCCCCCCCC(C)C. The van der Waals surface area contributed by atoms with Gasteiger partial charge in [0.1, 0.15) is 19.3 Å². The number of unbranched alkanes of at least 4 members (excludes halogenated alkanes) is 48. The topological polar surface area (TPSA) is 237 Å². The molecule has 0 rings (SSSR count). The molecule has 5 atom stereocenters. The first kappa shape index (κ1) is 97.5. The van der Waals surface area contributed by atoms with Gasteiger partial charge < -0.3 is 33.8 Å². The van der Waals surface area contributed by atoms with E-state index < -0.39 is 97.5 Å². The van der Waals surface area contributed by atoms with Gasteiger partial charge >= 0.3 is 39.5 Å². The van der Waals surface area contributed by atoms with Crippen LogP contribution in [-0.4, -0.2) is 96.7 Å². The van der Waals surface area contributed by atoms with E-state index in [9.17, 15) is 43.2 Å². The van der Waals surface area contributed by atoms with Gasteiger partial charge in [0.05, 0.1) is 26.4 Å². The predicted molar refractivity (Wildman–Crippen MR) is 409 cm³/mol. The quantitative estimate of drug-likeness (QED) is 0.0169. The first-order valence-corrected chi connectivity index (χ1v) is 44.4. The smallest absolute Gasteiger partial charge is 0.462 e. The summed E-state index contributed by atoms with van der Waals surface area (Å²) < 4.78 is 68.6. The van der Waals surface area contributed by atoms with E-state index in [1.165, 1.54) is 212 Å². The molecule has 100 heavy (non-hydrogen) atoms. The summed E-state index contributed by atoms with van der Waals surface area (Å²) in [5, 5.41) is 10.6. The molecule has 0 spiro atoms. The van der Waals surface area contributed by atoms with Gasteiger partial charge in [-0.25, -0.2) is 9.13 Å². The average Bonchev–Trinajstić information content (AvgIpc) is 0.934. The number of hydrogen-bond acceptors (Lipinski definition) is 15. The van der Waals surface area contributed by atoms with Gasteiger partial charge in [0.2, 0.25) is 0 Å². The number of allylic oxidation sites excluding steroid dienone is 4. The molecular weight excluding hydrogens is 1310 g/mol. The molecule has 0 amide bonds. The number of rotatable bonds is 79. The van der Waals surface area contributed by atoms with E-state index in [4.69, 9.17) is 37.0 Å². The van der Waals surface area contributed by atoms with Crippen molar-refractivity contribution in [3.8, 4) is 0 Å². The molecule has 0 aliphatic carbocycles. The molecule has 0 radical (unpaired) electrons. The zero-order valence-electron chi connectivity index (χ0n) is 64.8. The molecule has 0 saturated heterocycles. The van der Waals surface area contributed by atoms with Crippen LogP contribution in [0.5, 0.6) is 0 Å². The van der Waals surface area contributed by atoms with Crippen LogP contribution in [0.25, 0.3) is 0 Å². The third-order valence-corrected chi connectivity index (χ3v) is 20.3. The van der Waals surface area contributed by atoms with Crippen molar-refractivity contribution in [2.24, 2.45) is 5.92 Å². The highest BCUT2D eigenvalue weighted by atomic mass is 31.2. The summed E-state index contributed by atoms with van der Waals surface area (Å²) in [6, 6.07) is 0. The van der Waals surface area contributed by atoms with Crippen molar-refractivity contribution in [2.75, 3.05) is 39.6 Å². The van der Waals surface area contributed by atoms with Crippen LogP contribution in [0.2, 0.25) is 0 Å². The van der Waals surface area contributed by atoms with Gasteiger partial charge in [0.25, 0.3) is 0 Å². The maximum atomic E-state index is 13.1. The second-order valence-electron chi connectivity index (χ2n) is 29.0. The molecule has 17 nitrogen and oxygen atoms in total. The fraction of sp³-hybridized carbons (Fsp3) is 0.901. The maximum absolute atomic E-state index is 13.1. The molecule has 0 aliphatic rings. The van der Waals surface area contributed by atoms with Gasteiger partial charge in [-0.2, -0.15) is 0 Å². The van der Waals surface area contributed by atoms with Gasteiger partial charge in [-0.1, -0.05) is 354 Å². The summed E-state index contributed by atoms with van der Waals surface area (Å²) in [6.07, 6.45) is 67.5. The zero-order chi connectivity index (χ0) is 73.4. The Bertz CT molecular complexity index is 2000. The van der Waals surface area contributed by atoms with Gasteiger partial charge in [-0.3, -0.25) is 37.3 Å². The lowest BCUT2D eigenvalue weighted by Gasteiger charge is -2.21. The number of phosphoric acid groups is 2. The van der Waals surface area contributed by atoms with Crippen LogP contribution in [-0.2, 0) is 65.4 Å². The molecule has 0 bridgehead atoms. The van der Waals surface area contributed by atoms with Crippen LogP contribution in [0.1, 0.15) is 407 Å². The van der Waals surface area contributed by atoms with Crippen LogP contribution in [0, 0.1) is 5.92 Å².